The molecule has 1 amide bonds. The number of pyridine rings is 1. The zero-order valence-corrected chi connectivity index (χ0v) is 17.7. The first-order valence-corrected chi connectivity index (χ1v) is 10.5. The van der Waals surface area contributed by atoms with E-state index < -0.39 is 0 Å². The third-order valence-electron chi connectivity index (χ3n) is 5.75. The number of hydrogen-bond donors (Lipinski definition) is 1. The molecule has 1 aliphatic heterocycles. The SMILES string of the molecule is Cc1ccc(-n2nccn2)c(C(=O)N2CCC[C@@H](C)C2CNc2cccc(C#N)n2)c1. The smallest absolute Gasteiger partial charge is 0.256 e. The maximum atomic E-state index is 13.7. The van der Waals surface area contributed by atoms with E-state index in [1.54, 1.807) is 24.5 Å². The zero-order valence-electron chi connectivity index (χ0n) is 17.7. The first kappa shape index (κ1) is 20.5. The number of amides is 1. The average molecular weight is 416 g/mol. The molecule has 0 radical (unpaired) electrons. The second kappa shape index (κ2) is 8.96. The monoisotopic (exact) mass is 415 g/mol. The van der Waals surface area contributed by atoms with Crippen LogP contribution in [0.2, 0.25) is 0 Å². The largest absolute Gasteiger partial charge is 0.368 e. The van der Waals surface area contributed by atoms with Crippen LogP contribution in [0.15, 0.2) is 48.8 Å². The van der Waals surface area contributed by atoms with E-state index in [2.05, 4.69) is 33.5 Å². The molecule has 1 fully saturated rings. The molecule has 1 unspecified atom stereocenters. The molecular formula is C23H25N7O. The molecule has 4 rings (SSSR count). The van der Waals surface area contributed by atoms with Crippen molar-refractivity contribution in [2.24, 2.45) is 5.92 Å². The van der Waals surface area contributed by atoms with Crippen LogP contribution in [0.1, 0.15) is 41.4 Å². The normalized spacial score (nSPS) is 18.4. The summed E-state index contributed by atoms with van der Waals surface area (Å²) in [6.45, 7) is 5.41. The lowest BCUT2D eigenvalue weighted by atomic mass is 9.89. The number of aromatic nitrogens is 4. The van der Waals surface area contributed by atoms with Crippen LogP contribution < -0.4 is 5.32 Å². The van der Waals surface area contributed by atoms with E-state index in [1.807, 2.05) is 36.1 Å². The van der Waals surface area contributed by atoms with Gasteiger partial charge in [-0.1, -0.05) is 24.6 Å². The second-order valence-corrected chi connectivity index (χ2v) is 7.93. The van der Waals surface area contributed by atoms with Crippen molar-refractivity contribution < 1.29 is 4.79 Å². The molecule has 1 aliphatic rings. The van der Waals surface area contributed by atoms with Crippen LogP contribution in [-0.4, -0.2) is 49.9 Å². The highest BCUT2D eigenvalue weighted by molar-refractivity contribution is 5.98. The van der Waals surface area contributed by atoms with Crippen LogP contribution in [0.3, 0.4) is 0 Å². The Morgan fingerprint density at radius 2 is 2.06 bits per heavy atom. The number of piperidine rings is 1. The number of likely N-dealkylation sites (tertiary alicyclic amines) is 1. The second-order valence-electron chi connectivity index (χ2n) is 7.93. The summed E-state index contributed by atoms with van der Waals surface area (Å²) in [5, 5.41) is 20.8. The van der Waals surface area contributed by atoms with Gasteiger partial charge in [-0.25, -0.2) is 4.98 Å². The predicted octanol–water partition coefficient (Wildman–Crippen LogP) is 3.20. The van der Waals surface area contributed by atoms with E-state index >= 15 is 0 Å². The van der Waals surface area contributed by atoms with Crippen LogP contribution in [0.4, 0.5) is 5.82 Å². The number of anilines is 1. The van der Waals surface area contributed by atoms with Gasteiger partial charge in [-0.3, -0.25) is 4.79 Å². The van der Waals surface area contributed by atoms with Crippen LogP contribution in [-0.2, 0) is 0 Å². The molecule has 1 saturated heterocycles. The number of rotatable bonds is 5. The van der Waals surface area contributed by atoms with Crippen molar-refractivity contribution in [2.45, 2.75) is 32.7 Å². The van der Waals surface area contributed by atoms with Gasteiger partial charge >= 0.3 is 0 Å². The number of hydrogen-bond acceptors (Lipinski definition) is 6. The summed E-state index contributed by atoms with van der Waals surface area (Å²) in [4.78, 5) is 21.4. The van der Waals surface area contributed by atoms with Gasteiger partial charge in [0.05, 0.1) is 29.7 Å². The number of carbonyl (C=O) groups excluding carboxylic acids is 1. The Labute approximate surface area is 181 Å². The van der Waals surface area contributed by atoms with Gasteiger partial charge in [0.15, 0.2) is 0 Å². The Balaban J connectivity index is 1.60. The number of nitriles is 1. The summed E-state index contributed by atoms with van der Waals surface area (Å²) >= 11 is 0. The van der Waals surface area contributed by atoms with E-state index in [-0.39, 0.29) is 11.9 Å². The molecule has 158 valence electrons. The molecular weight excluding hydrogens is 390 g/mol. The Morgan fingerprint density at radius 1 is 1.26 bits per heavy atom. The van der Waals surface area contributed by atoms with Gasteiger partial charge in [-0.05, 0) is 49.9 Å². The Bertz CT molecular complexity index is 1100. The van der Waals surface area contributed by atoms with Gasteiger partial charge in [0, 0.05) is 13.1 Å². The fraction of sp³-hybridized carbons (Fsp3) is 0.348. The summed E-state index contributed by atoms with van der Waals surface area (Å²) in [5.41, 5.74) is 2.65. The molecule has 2 atom stereocenters. The third-order valence-corrected chi connectivity index (χ3v) is 5.75. The lowest BCUT2D eigenvalue weighted by Gasteiger charge is -2.40. The van der Waals surface area contributed by atoms with E-state index in [9.17, 15) is 4.79 Å². The maximum absolute atomic E-state index is 13.7. The lowest BCUT2D eigenvalue weighted by Crippen LogP contribution is -2.51. The summed E-state index contributed by atoms with van der Waals surface area (Å²) in [7, 11) is 0. The van der Waals surface area contributed by atoms with Crippen LogP contribution in [0.25, 0.3) is 5.69 Å². The summed E-state index contributed by atoms with van der Waals surface area (Å²) < 4.78 is 0. The summed E-state index contributed by atoms with van der Waals surface area (Å²) in [6, 6.07) is 13.1. The fourth-order valence-corrected chi connectivity index (χ4v) is 4.11. The van der Waals surface area contributed by atoms with E-state index in [0.29, 0.717) is 41.8 Å². The molecule has 31 heavy (non-hydrogen) atoms. The highest BCUT2D eigenvalue weighted by Crippen LogP contribution is 2.27. The van der Waals surface area contributed by atoms with Gasteiger partial charge in [-0.15, -0.1) is 0 Å². The Morgan fingerprint density at radius 3 is 2.84 bits per heavy atom. The average Bonchev–Trinajstić information content (AvgIpc) is 3.32. The Hall–Kier alpha value is -3.73. The predicted molar refractivity (Wildman–Crippen MR) is 117 cm³/mol. The van der Waals surface area contributed by atoms with Crippen LogP contribution in [0, 0.1) is 24.2 Å². The van der Waals surface area contributed by atoms with E-state index in [1.165, 1.54) is 4.80 Å². The highest BCUT2D eigenvalue weighted by atomic mass is 16.2. The van der Waals surface area contributed by atoms with Crippen molar-refractivity contribution in [3.63, 3.8) is 0 Å². The van der Waals surface area contributed by atoms with Crippen molar-refractivity contribution in [1.29, 1.82) is 5.26 Å². The first-order chi connectivity index (χ1) is 15.1. The number of nitrogens with one attached hydrogen (secondary N) is 1. The summed E-state index contributed by atoms with van der Waals surface area (Å²) in [5.74, 6) is 0.953. The molecule has 0 spiro atoms. The number of nitrogens with zero attached hydrogens (tertiary/aromatic N) is 6. The van der Waals surface area contributed by atoms with Crippen molar-refractivity contribution in [2.75, 3.05) is 18.4 Å². The van der Waals surface area contributed by atoms with Crippen LogP contribution in [0.5, 0.6) is 0 Å². The van der Waals surface area contributed by atoms with Gasteiger partial charge in [-0.2, -0.15) is 20.3 Å². The minimum atomic E-state index is -0.0203. The van der Waals surface area contributed by atoms with Gasteiger partial charge in [0.25, 0.3) is 5.91 Å². The summed E-state index contributed by atoms with van der Waals surface area (Å²) in [6.07, 6.45) is 5.23. The van der Waals surface area contributed by atoms with Crippen molar-refractivity contribution in [3.8, 4) is 11.8 Å². The van der Waals surface area contributed by atoms with Gasteiger partial charge in [0.1, 0.15) is 17.6 Å². The lowest BCUT2D eigenvalue weighted by molar-refractivity contribution is 0.0539. The number of carbonyl (C=O) groups is 1. The van der Waals surface area contributed by atoms with E-state index in [4.69, 9.17) is 5.26 Å². The Kier molecular flexibility index (Phi) is 5.94. The molecule has 0 bridgehead atoms. The highest BCUT2D eigenvalue weighted by Gasteiger charge is 2.33. The minimum absolute atomic E-state index is 0.00716. The molecule has 3 aromatic rings. The molecule has 0 aliphatic carbocycles. The maximum Gasteiger partial charge on any atom is 0.256 e. The van der Waals surface area contributed by atoms with Crippen molar-refractivity contribution in [3.05, 3.63) is 65.6 Å². The third kappa shape index (κ3) is 4.40. The number of aryl methyl sites for hydroxylation is 1. The molecule has 8 heteroatoms. The number of benzene rings is 1. The van der Waals surface area contributed by atoms with E-state index in [0.717, 1.165) is 18.4 Å². The first-order valence-electron chi connectivity index (χ1n) is 10.5. The molecule has 1 N–H and O–H groups in total. The molecule has 3 heterocycles. The minimum Gasteiger partial charge on any atom is -0.368 e. The van der Waals surface area contributed by atoms with Gasteiger partial charge < -0.3 is 10.2 Å². The van der Waals surface area contributed by atoms with Crippen molar-refractivity contribution >= 4 is 11.7 Å². The molecule has 8 nitrogen and oxygen atoms in total. The standard InChI is InChI=1S/C23H25N7O/c1-16-8-9-20(30-26-10-11-27-30)19(13-16)23(31)29-12-4-5-17(2)21(29)15-25-22-7-3-6-18(14-24)28-22/h3,6-11,13,17,21H,4-5,12,15H2,1-2H3,(H,25,28)/t17-,21?/m1/s1. The topological polar surface area (TPSA) is 99.7 Å². The fourth-order valence-electron chi connectivity index (χ4n) is 4.11. The molecule has 0 saturated carbocycles. The van der Waals surface area contributed by atoms with Gasteiger partial charge in [0.2, 0.25) is 0 Å². The van der Waals surface area contributed by atoms with Crippen LogP contribution >= 0.6 is 0 Å². The zero-order chi connectivity index (χ0) is 21.8. The van der Waals surface area contributed by atoms with Crippen molar-refractivity contribution in [1.82, 2.24) is 24.9 Å². The molecule has 2 aromatic heterocycles. The molecule has 1 aromatic carbocycles. The quantitative estimate of drug-likeness (QED) is 0.687.